The minimum Gasteiger partial charge on any atom is -0.386 e. The molecule has 0 spiro atoms. The first-order valence-corrected chi connectivity index (χ1v) is 6.23. The summed E-state index contributed by atoms with van der Waals surface area (Å²) in [6.45, 7) is 4.91. The number of halogens is 2. The van der Waals surface area contributed by atoms with Gasteiger partial charge in [0.25, 0.3) is 0 Å². The van der Waals surface area contributed by atoms with Crippen molar-refractivity contribution in [3.63, 3.8) is 0 Å². The van der Waals surface area contributed by atoms with Gasteiger partial charge in [-0.25, -0.2) is 8.78 Å². The fraction of sp³-hybridized carbons (Fsp3) is 0.500. The van der Waals surface area contributed by atoms with Crippen molar-refractivity contribution in [2.24, 2.45) is 0 Å². The lowest BCUT2D eigenvalue weighted by Crippen LogP contribution is -2.34. The molecule has 0 saturated carbocycles. The lowest BCUT2D eigenvalue weighted by molar-refractivity contribution is -0.131. The summed E-state index contributed by atoms with van der Waals surface area (Å²) in [6.07, 6.45) is -1.45. The van der Waals surface area contributed by atoms with Crippen LogP contribution in [0.1, 0.15) is 32.4 Å². The number of amides is 1. The molecule has 0 aliphatic carbocycles. The fourth-order valence-corrected chi connectivity index (χ4v) is 1.47. The lowest BCUT2D eigenvalue weighted by Gasteiger charge is -2.19. The summed E-state index contributed by atoms with van der Waals surface area (Å²) >= 11 is 0. The molecular weight excluding hydrogens is 268 g/mol. The predicted octanol–water partition coefficient (Wildman–Crippen LogP) is 1.93. The number of carbonyl (C=O) groups is 1. The SMILES string of the molecule is CC(C)(C)OCC(=O)NCC(O)c1c(F)cccc1F. The summed E-state index contributed by atoms with van der Waals surface area (Å²) in [5, 5.41) is 12.1. The molecular formula is C14H19F2NO3. The van der Waals surface area contributed by atoms with Crippen molar-refractivity contribution < 1.29 is 23.4 Å². The Bertz CT molecular complexity index is 452. The summed E-state index contributed by atoms with van der Waals surface area (Å²) in [6, 6.07) is 3.30. The van der Waals surface area contributed by atoms with E-state index in [9.17, 15) is 18.7 Å². The van der Waals surface area contributed by atoms with Gasteiger partial charge in [-0.15, -0.1) is 0 Å². The Morgan fingerprint density at radius 3 is 2.40 bits per heavy atom. The van der Waals surface area contributed by atoms with Crippen molar-refractivity contribution >= 4 is 5.91 Å². The van der Waals surface area contributed by atoms with Gasteiger partial charge >= 0.3 is 0 Å². The van der Waals surface area contributed by atoms with Gasteiger partial charge in [0.15, 0.2) is 0 Å². The first kappa shape index (κ1) is 16.5. The molecule has 1 aromatic rings. The molecule has 0 saturated heterocycles. The average molecular weight is 287 g/mol. The monoisotopic (exact) mass is 287 g/mol. The third-order valence-electron chi connectivity index (χ3n) is 2.46. The minimum atomic E-state index is -1.45. The van der Waals surface area contributed by atoms with Gasteiger partial charge in [0.1, 0.15) is 24.3 Å². The van der Waals surface area contributed by atoms with Crippen LogP contribution in [0.2, 0.25) is 0 Å². The number of hydrogen-bond donors (Lipinski definition) is 2. The zero-order valence-corrected chi connectivity index (χ0v) is 11.7. The molecule has 20 heavy (non-hydrogen) atoms. The largest absolute Gasteiger partial charge is 0.386 e. The van der Waals surface area contributed by atoms with Crippen LogP contribution in [0.4, 0.5) is 8.78 Å². The van der Waals surface area contributed by atoms with Crippen molar-refractivity contribution in [3.05, 3.63) is 35.4 Å². The van der Waals surface area contributed by atoms with Crippen LogP contribution in [0, 0.1) is 11.6 Å². The van der Waals surface area contributed by atoms with Gasteiger partial charge in [-0.2, -0.15) is 0 Å². The van der Waals surface area contributed by atoms with Crippen LogP contribution in [0.25, 0.3) is 0 Å². The maximum Gasteiger partial charge on any atom is 0.246 e. The molecule has 0 fully saturated rings. The van der Waals surface area contributed by atoms with Gasteiger partial charge in [0.05, 0.1) is 11.2 Å². The van der Waals surface area contributed by atoms with Gasteiger partial charge in [-0.1, -0.05) is 6.07 Å². The molecule has 0 radical (unpaired) electrons. The smallest absolute Gasteiger partial charge is 0.246 e. The van der Waals surface area contributed by atoms with Crippen LogP contribution in [-0.2, 0) is 9.53 Å². The molecule has 1 rings (SSSR count). The van der Waals surface area contributed by atoms with Crippen molar-refractivity contribution in [2.75, 3.05) is 13.2 Å². The van der Waals surface area contributed by atoms with E-state index in [4.69, 9.17) is 4.74 Å². The molecule has 0 aliphatic heterocycles. The van der Waals surface area contributed by atoms with Crippen LogP contribution >= 0.6 is 0 Å². The van der Waals surface area contributed by atoms with Gasteiger partial charge < -0.3 is 15.2 Å². The van der Waals surface area contributed by atoms with Crippen molar-refractivity contribution in [1.82, 2.24) is 5.32 Å². The second-order valence-electron chi connectivity index (χ2n) is 5.36. The maximum absolute atomic E-state index is 13.4. The first-order valence-electron chi connectivity index (χ1n) is 6.23. The third kappa shape index (κ3) is 5.22. The molecule has 2 N–H and O–H groups in total. The summed E-state index contributed by atoms with van der Waals surface area (Å²) in [4.78, 5) is 11.5. The van der Waals surface area contributed by atoms with E-state index in [1.807, 2.05) is 0 Å². The van der Waals surface area contributed by atoms with E-state index in [-0.39, 0.29) is 13.2 Å². The van der Waals surface area contributed by atoms with E-state index in [0.29, 0.717) is 0 Å². The van der Waals surface area contributed by atoms with Crippen molar-refractivity contribution in [2.45, 2.75) is 32.5 Å². The van der Waals surface area contributed by atoms with Gasteiger partial charge in [-0.3, -0.25) is 4.79 Å². The average Bonchev–Trinajstić information content (AvgIpc) is 2.32. The molecule has 1 aromatic carbocycles. The second kappa shape index (κ2) is 6.76. The molecule has 1 amide bonds. The molecule has 6 heteroatoms. The highest BCUT2D eigenvalue weighted by atomic mass is 19.1. The molecule has 1 unspecified atom stereocenters. The van der Waals surface area contributed by atoms with Crippen molar-refractivity contribution in [3.8, 4) is 0 Å². The Morgan fingerprint density at radius 2 is 1.90 bits per heavy atom. The standard InChI is InChI=1S/C14H19F2NO3/c1-14(2,3)20-8-12(19)17-7-11(18)13-9(15)5-4-6-10(13)16/h4-6,11,18H,7-8H2,1-3H3,(H,17,19). The number of carbonyl (C=O) groups excluding carboxylic acids is 1. The second-order valence-corrected chi connectivity index (χ2v) is 5.36. The maximum atomic E-state index is 13.4. The van der Waals surface area contributed by atoms with Crippen LogP contribution in [-0.4, -0.2) is 29.8 Å². The van der Waals surface area contributed by atoms with Crippen molar-refractivity contribution in [1.29, 1.82) is 0 Å². The number of benzene rings is 1. The van der Waals surface area contributed by atoms with Gasteiger partial charge in [0.2, 0.25) is 5.91 Å². The van der Waals surface area contributed by atoms with E-state index in [0.717, 1.165) is 12.1 Å². The van der Waals surface area contributed by atoms with Crippen LogP contribution in [0.3, 0.4) is 0 Å². The van der Waals surface area contributed by atoms with Crippen LogP contribution in [0.5, 0.6) is 0 Å². The highest BCUT2D eigenvalue weighted by molar-refractivity contribution is 5.77. The summed E-state index contributed by atoms with van der Waals surface area (Å²) in [5.74, 6) is -2.16. The molecule has 0 aromatic heterocycles. The molecule has 112 valence electrons. The summed E-state index contributed by atoms with van der Waals surface area (Å²) in [5.41, 5.74) is -0.919. The summed E-state index contributed by atoms with van der Waals surface area (Å²) in [7, 11) is 0. The quantitative estimate of drug-likeness (QED) is 0.870. The fourth-order valence-electron chi connectivity index (χ4n) is 1.47. The number of ether oxygens (including phenoxy) is 1. The molecule has 0 aliphatic rings. The zero-order chi connectivity index (χ0) is 15.3. The van der Waals surface area contributed by atoms with E-state index < -0.39 is 34.8 Å². The molecule has 1 atom stereocenters. The Hall–Kier alpha value is -1.53. The number of hydrogen-bond acceptors (Lipinski definition) is 3. The first-order chi connectivity index (χ1) is 9.20. The van der Waals surface area contributed by atoms with E-state index in [1.165, 1.54) is 6.07 Å². The molecule has 4 nitrogen and oxygen atoms in total. The third-order valence-corrected chi connectivity index (χ3v) is 2.46. The highest BCUT2D eigenvalue weighted by Crippen LogP contribution is 2.19. The normalized spacial score (nSPS) is 13.1. The number of aliphatic hydroxyl groups excluding tert-OH is 1. The Balaban J connectivity index is 2.51. The highest BCUT2D eigenvalue weighted by Gasteiger charge is 2.19. The minimum absolute atomic E-state index is 0.185. The Labute approximate surface area is 116 Å². The predicted molar refractivity (Wildman–Crippen MR) is 70.0 cm³/mol. The zero-order valence-electron chi connectivity index (χ0n) is 11.7. The van der Waals surface area contributed by atoms with E-state index >= 15 is 0 Å². The van der Waals surface area contributed by atoms with E-state index in [1.54, 1.807) is 20.8 Å². The topological polar surface area (TPSA) is 58.6 Å². The van der Waals surface area contributed by atoms with Crippen LogP contribution < -0.4 is 5.32 Å². The van der Waals surface area contributed by atoms with Crippen LogP contribution in [0.15, 0.2) is 18.2 Å². The Kier molecular flexibility index (Phi) is 5.59. The van der Waals surface area contributed by atoms with Gasteiger partial charge in [-0.05, 0) is 32.9 Å². The van der Waals surface area contributed by atoms with E-state index in [2.05, 4.69) is 5.32 Å². The molecule has 0 bridgehead atoms. The lowest BCUT2D eigenvalue weighted by atomic mass is 10.1. The molecule has 0 heterocycles. The Morgan fingerprint density at radius 1 is 1.35 bits per heavy atom. The van der Waals surface area contributed by atoms with Gasteiger partial charge in [0, 0.05) is 6.54 Å². The number of aliphatic hydroxyl groups is 1. The summed E-state index contributed by atoms with van der Waals surface area (Å²) < 4.78 is 32.0. The number of nitrogens with one attached hydrogen (secondary N) is 1. The number of rotatable bonds is 5.